The molecular weight excluding hydrogens is 587 g/mol. The third-order valence-corrected chi connectivity index (χ3v) is 7.92. The van der Waals surface area contributed by atoms with Crippen LogP contribution in [0.15, 0.2) is 59.7 Å². The van der Waals surface area contributed by atoms with Gasteiger partial charge in [-0.2, -0.15) is 0 Å². The Morgan fingerprint density at radius 3 is 2.31 bits per heavy atom. The summed E-state index contributed by atoms with van der Waals surface area (Å²) < 4.78 is 45.3. The first kappa shape index (κ1) is 31.2. The summed E-state index contributed by atoms with van der Waals surface area (Å²) in [6.07, 6.45) is 3.19. The fraction of sp³-hybridized carbons (Fsp3) is 0.242. The highest BCUT2D eigenvalue weighted by Gasteiger charge is 2.27. The number of nitrogens with zero attached hydrogens (tertiary/aromatic N) is 3. The minimum absolute atomic E-state index is 0.0691. The molecule has 1 amide bonds. The van der Waals surface area contributed by atoms with Gasteiger partial charge in [0.25, 0.3) is 11.5 Å². The number of hydrogen-bond acceptors (Lipinski definition) is 6. The Balaban J connectivity index is 1.52. The lowest BCUT2D eigenvalue weighted by molar-refractivity contribution is -0.139. The zero-order valence-electron chi connectivity index (χ0n) is 24.9. The Morgan fingerprint density at radius 2 is 1.67 bits per heavy atom. The van der Waals surface area contributed by atoms with Crippen LogP contribution in [-0.4, -0.2) is 43.6 Å². The molecule has 0 fully saturated rings. The van der Waals surface area contributed by atoms with Crippen molar-refractivity contribution >= 4 is 39.5 Å². The van der Waals surface area contributed by atoms with Crippen LogP contribution in [-0.2, 0) is 18.3 Å². The van der Waals surface area contributed by atoms with Gasteiger partial charge in [-0.25, -0.2) is 18.0 Å². The minimum Gasteiger partial charge on any atom is -0.480 e. The second kappa shape index (κ2) is 12.4. The van der Waals surface area contributed by atoms with Crippen molar-refractivity contribution in [3.63, 3.8) is 0 Å². The number of carboxylic acids is 1. The van der Waals surface area contributed by atoms with E-state index in [2.05, 4.69) is 20.6 Å². The molecule has 0 spiro atoms. The first-order valence-corrected chi connectivity index (χ1v) is 14.2. The second-order valence-corrected chi connectivity index (χ2v) is 10.9. The lowest BCUT2D eigenvalue weighted by Crippen LogP contribution is -2.43. The van der Waals surface area contributed by atoms with Crippen LogP contribution >= 0.6 is 0 Å². The molecule has 5 rings (SSSR count). The molecule has 9 nitrogen and oxygen atoms in total. The van der Waals surface area contributed by atoms with Crippen molar-refractivity contribution in [3.8, 4) is 11.1 Å². The average Bonchev–Trinajstić information content (AvgIpc) is 3.00. The van der Waals surface area contributed by atoms with Gasteiger partial charge in [0.2, 0.25) is 0 Å². The number of hydrogen-bond donors (Lipinski definition) is 3. The fourth-order valence-corrected chi connectivity index (χ4v) is 5.38. The predicted octanol–water partition coefficient (Wildman–Crippen LogP) is 5.51. The van der Waals surface area contributed by atoms with Crippen molar-refractivity contribution in [3.05, 3.63) is 99.4 Å². The number of pyridine rings is 1. The molecule has 0 saturated carbocycles. The largest absolute Gasteiger partial charge is 0.480 e. The predicted molar refractivity (Wildman–Crippen MR) is 165 cm³/mol. The summed E-state index contributed by atoms with van der Waals surface area (Å²) in [7, 11) is 1.58. The number of amides is 1. The van der Waals surface area contributed by atoms with Gasteiger partial charge < -0.3 is 20.3 Å². The lowest BCUT2D eigenvalue weighted by atomic mass is 9.94. The van der Waals surface area contributed by atoms with Crippen molar-refractivity contribution in [1.29, 1.82) is 0 Å². The molecule has 2 heterocycles. The number of rotatable bonds is 9. The van der Waals surface area contributed by atoms with Gasteiger partial charge >= 0.3 is 5.97 Å². The van der Waals surface area contributed by atoms with Gasteiger partial charge in [0.1, 0.15) is 29.1 Å². The number of halogens is 3. The van der Waals surface area contributed by atoms with Crippen LogP contribution in [0.3, 0.4) is 0 Å². The molecule has 232 valence electrons. The summed E-state index contributed by atoms with van der Waals surface area (Å²) in [6.45, 7) is 5.43. The van der Waals surface area contributed by atoms with E-state index in [0.29, 0.717) is 34.0 Å². The standard InChI is InChI=1S/C33H30F3N5O4/c1-5-16(2)39-20-14-23(35)28(24(36)15-20)31(42)40-25(33(44)45)12-18-6-8-21(30-29(18)37-10-11-38-30)27-17(3)22-13-19(34)7-9-26(22)41(4)32(27)43/h6-11,13-16,25,39H,5,12H2,1-4H3,(H,40,42)(H,44,45)/t16-,25-/m0/s1. The van der Waals surface area contributed by atoms with Crippen LogP contribution in [0.1, 0.15) is 41.8 Å². The molecule has 2 aromatic heterocycles. The zero-order chi connectivity index (χ0) is 32.6. The number of fused-ring (bicyclic) bond motifs is 2. The molecule has 0 unspecified atom stereocenters. The summed E-state index contributed by atoms with van der Waals surface area (Å²) in [5, 5.41) is 15.6. The van der Waals surface area contributed by atoms with Crippen molar-refractivity contribution < 1.29 is 27.9 Å². The topological polar surface area (TPSA) is 126 Å². The van der Waals surface area contributed by atoms with Crippen LogP contribution in [0, 0.1) is 24.4 Å². The maximum atomic E-state index is 14.9. The molecule has 0 aliphatic rings. The third-order valence-electron chi connectivity index (χ3n) is 7.92. The SMILES string of the molecule is CC[C@H](C)Nc1cc(F)c(C(=O)N[C@@H](Cc2ccc(-c3c(C)c4cc(F)ccc4n(C)c3=O)c3nccnc23)C(=O)O)c(F)c1. The number of carbonyl (C=O) groups is 2. The average molecular weight is 618 g/mol. The summed E-state index contributed by atoms with van der Waals surface area (Å²) in [5.74, 6) is -5.43. The molecule has 0 bridgehead atoms. The Labute approximate surface area is 255 Å². The van der Waals surface area contributed by atoms with Gasteiger partial charge in [0.05, 0.1) is 22.1 Å². The number of carbonyl (C=O) groups excluding carboxylic acids is 1. The van der Waals surface area contributed by atoms with E-state index in [1.54, 1.807) is 26.1 Å². The maximum absolute atomic E-state index is 14.9. The molecule has 2 atom stereocenters. The number of anilines is 1. The Kier molecular flexibility index (Phi) is 8.58. The summed E-state index contributed by atoms with van der Waals surface area (Å²) in [5.41, 5.74) is 1.53. The Bertz CT molecular complexity index is 2020. The van der Waals surface area contributed by atoms with Gasteiger partial charge in [0.15, 0.2) is 0 Å². The number of benzene rings is 3. The van der Waals surface area contributed by atoms with Crippen LogP contribution in [0.25, 0.3) is 33.1 Å². The number of aryl methyl sites for hydroxylation is 2. The Hall–Kier alpha value is -5.26. The van der Waals surface area contributed by atoms with E-state index in [1.165, 1.54) is 35.2 Å². The van der Waals surface area contributed by atoms with Crippen molar-refractivity contribution in [2.45, 2.75) is 45.7 Å². The fourth-order valence-electron chi connectivity index (χ4n) is 5.38. The van der Waals surface area contributed by atoms with E-state index in [9.17, 15) is 32.7 Å². The number of nitrogens with one attached hydrogen (secondary N) is 2. The van der Waals surface area contributed by atoms with Crippen molar-refractivity contribution in [1.82, 2.24) is 19.9 Å². The Morgan fingerprint density at radius 1 is 1.00 bits per heavy atom. The third kappa shape index (κ3) is 5.95. The van der Waals surface area contributed by atoms with Crippen LogP contribution in [0.4, 0.5) is 18.9 Å². The number of aliphatic carboxylic acids is 1. The van der Waals surface area contributed by atoms with E-state index in [4.69, 9.17) is 0 Å². The number of carboxylic acid groups (broad SMARTS) is 1. The van der Waals surface area contributed by atoms with Gasteiger partial charge in [0, 0.05) is 48.5 Å². The first-order valence-electron chi connectivity index (χ1n) is 14.2. The quantitative estimate of drug-likeness (QED) is 0.199. The molecule has 0 radical (unpaired) electrons. The second-order valence-electron chi connectivity index (χ2n) is 10.9. The molecule has 0 aliphatic heterocycles. The highest BCUT2D eigenvalue weighted by molar-refractivity contribution is 5.99. The molecule has 0 saturated heterocycles. The van der Waals surface area contributed by atoms with E-state index < -0.39 is 40.9 Å². The first-order chi connectivity index (χ1) is 21.4. The number of aromatic nitrogens is 3. The zero-order valence-corrected chi connectivity index (χ0v) is 24.9. The van der Waals surface area contributed by atoms with Crippen LogP contribution in [0.2, 0.25) is 0 Å². The molecular formula is C33H30F3N5O4. The van der Waals surface area contributed by atoms with E-state index >= 15 is 0 Å². The van der Waals surface area contributed by atoms with E-state index in [0.717, 1.165) is 12.1 Å². The molecule has 3 N–H and O–H groups in total. The summed E-state index contributed by atoms with van der Waals surface area (Å²) >= 11 is 0. The lowest BCUT2D eigenvalue weighted by Gasteiger charge is -2.18. The van der Waals surface area contributed by atoms with E-state index in [1.807, 2.05) is 13.8 Å². The molecule has 0 aliphatic carbocycles. The monoisotopic (exact) mass is 617 g/mol. The highest BCUT2D eigenvalue weighted by atomic mass is 19.1. The minimum atomic E-state index is -1.59. The normalized spacial score (nSPS) is 12.7. The van der Waals surface area contributed by atoms with Crippen molar-refractivity contribution in [2.75, 3.05) is 5.32 Å². The van der Waals surface area contributed by atoms with Crippen LogP contribution < -0.4 is 16.2 Å². The van der Waals surface area contributed by atoms with Gasteiger partial charge in [-0.05, 0) is 61.7 Å². The maximum Gasteiger partial charge on any atom is 0.326 e. The molecule has 5 aromatic rings. The summed E-state index contributed by atoms with van der Waals surface area (Å²) in [4.78, 5) is 47.5. The van der Waals surface area contributed by atoms with Crippen LogP contribution in [0.5, 0.6) is 0 Å². The highest BCUT2D eigenvalue weighted by Crippen LogP contribution is 2.32. The van der Waals surface area contributed by atoms with Gasteiger partial charge in [-0.1, -0.05) is 19.1 Å². The van der Waals surface area contributed by atoms with Crippen molar-refractivity contribution in [2.24, 2.45) is 7.05 Å². The molecule has 3 aromatic carbocycles. The van der Waals surface area contributed by atoms with Gasteiger partial charge in [-0.15, -0.1) is 0 Å². The molecule has 12 heteroatoms. The summed E-state index contributed by atoms with van der Waals surface area (Å²) in [6, 6.07) is 7.59. The van der Waals surface area contributed by atoms with Gasteiger partial charge in [-0.3, -0.25) is 19.6 Å². The molecule has 45 heavy (non-hydrogen) atoms. The van der Waals surface area contributed by atoms with E-state index in [-0.39, 0.29) is 40.3 Å². The smallest absolute Gasteiger partial charge is 0.326 e.